The molecule has 1 aromatic heterocycles. The van der Waals surface area contributed by atoms with Crippen molar-refractivity contribution in [2.24, 2.45) is 0 Å². The maximum Gasteiger partial charge on any atom is 0.246 e. The van der Waals surface area contributed by atoms with Crippen molar-refractivity contribution in [1.82, 2.24) is 15.3 Å². The summed E-state index contributed by atoms with van der Waals surface area (Å²) in [6.45, 7) is 2.91. The minimum absolute atomic E-state index is 0.0762. The monoisotopic (exact) mass is 264 g/mol. The van der Waals surface area contributed by atoms with Gasteiger partial charge in [-0.3, -0.25) is 4.79 Å². The van der Waals surface area contributed by atoms with Crippen LogP contribution in [0.15, 0.2) is 18.5 Å². The quantitative estimate of drug-likeness (QED) is 0.715. The first kappa shape index (κ1) is 12.3. The van der Waals surface area contributed by atoms with Crippen LogP contribution >= 0.6 is 0 Å². The van der Waals surface area contributed by atoms with E-state index in [1.54, 1.807) is 18.5 Å². The standard InChI is InChI=1S/C12H16N4O3/c17-10-6-19-12(7-15-10)8-16(4-5-18-9-12)11-13-2-1-3-14-11/h1-3H,4-9H2,(H,15,17)/t12-/m1/s1. The lowest BCUT2D eigenvalue weighted by atomic mass is 10.0. The van der Waals surface area contributed by atoms with Gasteiger partial charge in [0.05, 0.1) is 26.3 Å². The molecule has 19 heavy (non-hydrogen) atoms. The number of carbonyl (C=O) groups is 1. The van der Waals surface area contributed by atoms with Crippen molar-refractivity contribution in [3.8, 4) is 0 Å². The summed E-state index contributed by atoms with van der Waals surface area (Å²) in [5.74, 6) is 0.574. The van der Waals surface area contributed by atoms with E-state index in [-0.39, 0.29) is 12.5 Å². The van der Waals surface area contributed by atoms with Crippen molar-refractivity contribution in [3.63, 3.8) is 0 Å². The van der Waals surface area contributed by atoms with Gasteiger partial charge in [0, 0.05) is 18.9 Å². The third kappa shape index (κ3) is 2.66. The summed E-state index contributed by atoms with van der Waals surface area (Å²) in [4.78, 5) is 21.8. The Labute approximate surface area is 110 Å². The van der Waals surface area contributed by atoms with Gasteiger partial charge >= 0.3 is 0 Å². The molecule has 1 N–H and O–H groups in total. The zero-order chi connectivity index (χ0) is 13.1. The normalized spacial score (nSPS) is 28.0. The smallest absolute Gasteiger partial charge is 0.246 e. The average Bonchev–Trinajstić information content (AvgIpc) is 2.67. The summed E-state index contributed by atoms with van der Waals surface area (Å²) >= 11 is 0. The molecule has 1 atom stereocenters. The number of carbonyl (C=O) groups excluding carboxylic acids is 1. The number of nitrogens with one attached hydrogen (secondary N) is 1. The minimum Gasteiger partial charge on any atom is -0.376 e. The summed E-state index contributed by atoms with van der Waals surface area (Å²) in [7, 11) is 0. The molecule has 102 valence electrons. The lowest BCUT2D eigenvalue weighted by Crippen LogP contribution is -2.59. The van der Waals surface area contributed by atoms with Crippen molar-refractivity contribution >= 4 is 11.9 Å². The fourth-order valence-electron chi connectivity index (χ4n) is 2.31. The molecule has 0 aromatic carbocycles. The van der Waals surface area contributed by atoms with Crippen LogP contribution < -0.4 is 10.2 Å². The van der Waals surface area contributed by atoms with Crippen molar-refractivity contribution in [2.45, 2.75) is 5.60 Å². The molecule has 0 bridgehead atoms. The number of morpholine rings is 1. The molecular weight excluding hydrogens is 248 g/mol. The van der Waals surface area contributed by atoms with Crippen LogP contribution in [0.1, 0.15) is 0 Å². The number of anilines is 1. The lowest BCUT2D eigenvalue weighted by molar-refractivity contribution is -0.148. The molecule has 7 nitrogen and oxygen atoms in total. The third-order valence-electron chi connectivity index (χ3n) is 3.30. The number of aromatic nitrogens is 2. The molecule has 1 aromatic rings. The molecule has 2 saturated heterocycles. The van der Waals surface area contributed by atoms with Gasteiger partial charge in [0.15, 0.2) is 0 Å². The molecule has 1 spiro atoms. The first-order chi connectivity index (χ1) is 9.27. The van der Waals surface area contributed by atoms with E-state index in [1.807, 2.05) is 4.90 Å². The molecular formula is C12H16N4O3. The second-order valence-electron chi connectivity index (χ2n) is 4.77. The van der Waals surface area contributed by atoms with Crippen LogP contribution in [0.4, 0.5) is 5.95 Å². The number of amides is 1. The van der Waals surface area contributed by atoms with E-state index < -0.39 is 5.60 Å². The van der Waals surface area contributed by atoms with E-state index in [2.05, 4.69) is 15.3 Å². The van der Waals surface area contributed by atoms with Crippen molar-refractivity contribution in [2.75, 3.05) is 44.4 Å². The fraction of sp³-hybridized carbons (Fsp3) is 0.583. The molecule has 3 rings (SSSR count). The largest absolute Gasteiger partial charge is 0.376 e. The number of hydrogen-bond donors (Lipinski definition) is 1. The molecule has 3 heterocycles. The van der Waals surface area contributed by atoms with Gasteiger partial charge in [-0.1, -0.05) is 0 Å². The number of rotatable bonds is 1. The molecule has 1 amide bonds. The van der Waals surface area contributed by atoms with Gasteiger partial charge in [0.1, 0.15) is 12.2 Å². The van der Waals surface area contributed by atoms with Crippen molar-refractivity contribution < 1.29 is 14.3 Å². The molecule has 7 heteroatoms. The Hall–Kier alpha value is -1.73. The van der Waals surface area contributed by atoms with Gasteiger partial charge in [-0.2, -0.15) is 0 Å². The second-order valence-corrected chi connectivity index (χ2v) is 4.77. The Balaban J connectivity index is 1.78. The Bertz CT molecular complexity index is 444. The van der Waals surface area contributed by atoms with Crippen molar-refractivity contribution in [1.29, 1.82) is 0 Å². The summed E-state index contributed by atoms with van der Waals surface area (Å²) in [6, 6.07) is 1.78. The number of hydrogen-bond acceptors (Lipinski definition) is 6. The van der Waals surface area contributed by atoms with Crippen LogP contribution in [-0.4, -0.2) is 60.9 Å². The zero-order valence-corrected chi connectivity index (χ0v) is 10.5. The van der Waals surface area contributed by atoms with E-state index in [0.29, 0.717) is 38.8 Å². The summed E-state index contributed by atoms with van der Waals surface area (Å²) < 4.78 is 11.3. The first-order valence-corrected chi connectivity index (χ1v) is 6.28. The Kier molecular flexibility index (Phi) is 3.31. The molecule has 0 aliphatic carbocycles. The predicted molar refractivity (Wildman–Crippen MR) is 66.8 cm³/mol. The number of nitrogens with zero attached hydrogens (tertiary/aromatic N) is 3. The van der Waals surface area contributed by atoms with E-state index >= 15 is 0 Å². The van der Waals surface area contributed by atoms with E-state index in [1.165, 1.54) is 0 Å². The van der Waals surface area contributed by atoms with E-state index in [0.717, 1.165) is 0 Å². The van der Waals surface area contributed by atoms with E-state index in [9.17, 15) is 4.79 Å². The number of ether oxygens (including phenoxy) is 2. The Morgan fingerprint density at radius 1 is 1.37 bits per heavy atom. The zero-order valence-electron chi connectivity index (χ0n) is 10.5. The van der Waals surface area contributed by atoms with Crippen LogP contribution in [0.25, 0.3) is 0 Å². The highest BCUT2D eigenvalue weighted by Gasteiger charge is 2.40. The topological polar surface area (TPSA) is 76.6 Å². The van der Waals surface area contributed by atoms with Crippen molar-refractivity contribution in [3.05, 3.63) is 18.5 Å². The molecule has 0 saturated carbocycles. The van der Waals surface area contributed by atoms with Crippen LogP contribution in [0, 0.1) is 0 Å². The Morgan fingerprint density at radius 3 is 2.95 bits per heavy atom. The van der Waals surface area contributed by atoms with Crippen LogP contribution in [0.2, 0.25) is 0 Å². The highest BCUT2D eigenvalue weighted by molar-refractivity contribution is 5.78. The molecule has 2 aliphatic heterocycles. The summed E-state index contributed by atoms with van der Waals surface area (Å²) in [5.41, 5.74) is -0.510. The van der Waals surface area contributed by atoms with Gasteiger partial charge in [0.2, 0.25) is 11.9 Å². The first-order valence-electron chi connectivity index (χ1n) is 6.28. The fourth-order valence-corrected chi connectivity index (χ4v) is 2.31. The van der Waals surface area contributed by atoms with Gasteiger partial charge in [-0.25, -0.2) is 9.97 Å². The van der Waals surface area contributed by atoms with Gasteiger partial charge in [-0.15, -0.1) is 0 Å². The Morgan fingerprint density at radius 2 is 2.21 bits per heavy atom. The minimum atomic E-state index is -0.510. The molecule has 2 aliphatic rings. The average molecular weight is 264 g/mol. The van der Waals surface area contributed by atoms with Gasteiger partial charge < -0.3 is 19.7 Å². The maximum absolute atomic E-state index is 11.2. The molecule has 0 radical (unpaired) electrons. The summed E-state index contributed by atoms with van der Waals surface area (Å²) in [6.07, 6.45) is 3.43. The lowest BCUT2D eigenvalue weighted by Gasteiger charge is -2.38. The van der Waals surface area contributed by atoms with Gasteiger partial charge in [-0.05, 0) is 6.07 Å². The van der Waals surface area contributed by atoms with Crippen LogP contribution in [0.5, 0.6) is 0 Å². The second kappa shape index (κ2) is 5.10. The highest BCUT2D eigenvalue weighted by Crippen LogP contribution is 2.21. The maximum atomic E-state index is 11.2. The third-order valence-corrected chi connectivity index (χ3v) is 3.30. The van der Waals surface area contributed by atoms with Gasteiger partial charge in [0.25, 0.3) is 0 Å². The molecule has 2 fully saturated rings. The van der Waals surface area contributed by atoms with Crippen LogP contribution in [0.3, 0.4) is 0 Å². The van der Waals surface area contributed by atoms with Crippen LogP contribution in [-0.2, 0) is 14.3 Å². The summed E-state index contributed by atoms with van der Waals surface area (Å²) in [5, 5.41) is 2.83. The molecule has 0 unspecified atom stereocenters. The SMILES string of the molecule is O=C1CO[C@@]2(CN1)COCCN(c1ncccn1)C2. The van der Waals surface area contributed by atoms with E-state index in [4.69, 9.17) is 9.47 Å². The predicted octanol–water partition coefficient (Wildman–Crippen LogP) is -0.802. The highest BCUT2D eigenvalue weighted by atomic mass is 16.5.